The summed E-state index contributed by atoms with van der Waals surface area (Å²) in [6.07, 6.45) is 5.06. The highest BCUT2D eigenvalue weighted by molar-refractivity contribution is 7.10. The molecule has 6 nitrogen and oxygen atoms in total. The molecule has 0 aliphatic carbocycles. The summed E-state index contributed by atoms with van der Waals surface area (Å²) in [7, 11) is -2.12. The van der Waals surface area contributed by atoms with Crippen LogP contribution in [-0.4, -0.2) is 54.4 Å². The smallest absolute Gasteiger partial charge is 0.413 e. The number of carbonyl (C=O) groups excluding carboxylic acids is 1. The number of aromatic nitrogens is 1. The van der Waals surface area contributed by atoms with Crippen molar-refractivity contribution in [2.75, 3.05) is 6.61 Å². The lowest BCUT2D eigenvalue weighted by atomic mass is 10.1. The largest absolute Gasteiger partial charge is 0.444 e. The van der Waals surface area contributed by atoms with Crippen LogP contribution < -0.4 is 0 Å². The SMILES string of the molecule is CC(C)(C)OC(=O)N1[C@@H]([C@@H](/C=C/c2nccs2)O[Si](C)(C)C(C)(C)C)COC1(C)C. The highest BCUT2D eigenvalue weighted by Gasteiger charge is 2.50. The minimum Gasteiger partial charge on any atom is -0.444 e. The first kappa shape index (κ1) is 25.0. The lowest BCUT2D eigenvalue weighted by molar-refractivity contribution is -0.0656. The Kier molecular flexibility index (Phi) is 7.28. The van der Waals surface area contributed by atoms with Crippen LogP contribution in [0, 0.1) is 0 Å². The zero-order chi connectivity index (χ0) is 23.0. The molecule has 0 unspecified atom stereocenters. The van der Waals surface area contributed by atoms with Crippen LogP contribution in [-0.2, 0) is 13.9 Å². The number of carbonyl (C=O) groups is 1. The number of amides is 1. The molecule has 0 bridgehead atoms. The molecule has 1 aliphatic rings. The first-order chi connectivity index (χ1) is 13.5. The normalized spacial score (nSPS) is 21.3. The van der Waals surface area contributed by atoms with E-state index in [1.54, 1.807) is 22.4 Å². The van der Waals surface area contributed by atoms with E-state index in [0.29, 0.717) is 6.61 Å². The summed E-state index contributed by atoms with van der Waals surface area (Å²) in [5.74, 6) is 0. The van der Waals surface area contributed by atoms with E-state index < -0.39 is 19.6 Å². The van der Waals surface area contributed by atoms with E-state index in [1.807, 2.05) is 52.2 Å². The topological polar surface area (TPSA) is 60.9 Å². The Labute approximate surface area is 186 Å². The fourth-order valence-electron chi connectivity index (χ4n) is 3.00. The van der Waals surface area contributed by atoms with Crippen molar-refractivity contribution >= 4 is 31.8 Å². The molecule has 8 heteroatoms. The van der Waals surface area contributed by atoms with Gasteiger partial charge in [-0.15, -0.1) is 11.3 Å². The quantitative estimate of drug-likeness (QED) is 0.517. The first-order valence-electron chi connectivity index (χ1n) is 10.5. The predicted molar refractivity (Wildman–Crippen MR) is 125 cm³/mol. The zero-order valence-electron chi connectivity index (χ0n) is 20.1. The van der Waals surface area contributed by atoms with E-state index in [-0.39, 0.29) is 23.3 Å². The lowest BCUT2D eigenvalue weighted by Crippen LogP contribution is -2.56. The van der Waals surface area contributed by atoms with E-state index in [9.17, 15) is 4.79 Å². The summed E-state index contributed by atoms with van der Waals surface area (Å²) in [6, 6.07) is -0.291. The minimum atomic E-state index is -2.12. The van der Waals surface area contributed by atoms with Crippen LogP contribution in [0.25, 0.3) is 6.08 Å². The molecule has 2 atom stereocenters. The third-order valence-electron chi connectivity index (χ3n) is 5.61. The van der Waals surface area contributed by atoms with Crippen molar-refractivity contribution in [1.29, 1.82) is 0 Å². The van der Waals surface area contributed by atoms with Gasteiger partial charge in [-0.3, -0.25) is 4.90 Å². The molecule has 1 aromatic rings. The number of nitrogens with zero attached hydrogens (tertiary/aromatic N) is 2. The van der Waals surface area contributed by atoms with Gasteiger partial charge in [0.2, 0.25) is 0 Å². The summed E-state index contributed by atoms with van der Waals surface area (Å²) >= 11 is 1.57. The second kappa shape index (κ2) is 8.73. The summed E-state index contributed by atoms with van der Waals surface area (Å²) < 4.78 is 18.5. The van der Waals surface area contributed by atoms with Gasteiger partial charge in [0.25, 0.3) is 0 Å². The van der Waals surface area contributed by atoms with Crippen molar-refractivity contribution in [3.63, 3.8) is 0 Å². The number of rotatable bonds is 5. The van der Waals surface area contributed by atoms with Crippen LogP contribution in [0.5, 0.6) is 0 Å². The Morgan fingerprint density at radius 1 is 1.33 bits per heavy atom. The second-order valence-electron chi connectivity index (χ2n) is 10.7. The van der Waals surface area contributed by atoms with Gasteiger partial charge in [-0.25, -0.2) is 9.78 Å². The molecule has 30 heavy (non-hydrogen) atoms. The van der Waals surface area contributed by atoms with Gasteiger partial charge in [-0.05, 0) is 58.8 Å². The third-order valence-corrected chi connectivity index (χ3v) is 10.8. The number of hydrogen-bond acceptors (Lipinski definition) is 6. The molecule has 1 aromatic heterocycles. The van der Waals surface area contributed by atoms with Crippen molar-refractivity contribution in [3.8, 4) is 0 Å². The molecule has 2 rings (SSSR count). The molecule has 1 fully saturated rings. The van der Waals surface area contributed by atoms with Crippen LogP contribution in [0.2, 0.25) is 18.1 Å². The third kappa shape index (κ3) is 6.15. The van der Waals surface area contributed by atoms with Gasteiger partial charge in [-0.1, -0.05) is 26.8 Å². The Hall–Kier alpha value is -1.22. The first-order valence-corrected chi connectivity index (χ1v) is 14.2. The average molecular weight is 455 g/mol. The van der Waals surface area contributed by atoms with Gasteiger partial charge in [0.1, 0.15) is 16.3 Å². The Morgan fingerprint density at radius 3 is 2.47 bits per heavy atom. The summed E-state index contributed by atoms with van der Waals surface area (Å²) in [6.45, 7) is 20.8. The standard InChI is InChI=1S/C22H38N2O4SSi/c1-20(2,3)27-19(25)24-16(15-26-22(24,7)8)17(11-12-18-23-13-14-29-18)28-30(9,10)21(4,5)6/h11-14,16-17H,15H2,1-10H3/b12-11+/t16-,17-/m1/s1. The number of thiazole rings is 1. The zero-order valence-corrected chi connectivity index (χ0v) is 21.9. The van der Waals surface area contributed by atoms with Gasteiger partial charge in [0.05, 0.1) is 18.8 Å². The van der Waals surface area contributed by atoms with Crippen LogP contribution in [0.3, 0.4) is 0 Å². The Balaban J connectivity index is 2.40. The van der Waals surface area contributed by atoms with Gasteiger partial charge in [0.15, 0.2) is 8.32 Å². The lowest BCUT2D eigenvalue weighted by Gasteiger charge is -2.42. The summed E-state index contributed by atoms with van der Waals surface area (Å²) in [5.41, 5.74) is -1.37. The highest BCUT2D eigenvalue weighted by Crippen LogP contribution is 2.40. The minimum absolute atomic E-state index is 0.0337. The van der Waals surface area contributed by atoms with Crippen molar-refractivity contribution in [2.45, 2.75) is 97.0 Å². The van der Waals surface area contributed by atoms with E-state index in [2.05, 4.69) is 38.8 Å². The van der Waals surface area contributed by atoms with Crippen LogP contribution in [0.1, 0.15) is 60.4 Å². The molecule has 1 aliphatic heterocycles. The number of hydrogen-bond donors (Lipinski definition) is 0. The summed E-state index contributed by atoms with van der Waals surface area (Å²) in [5, 5.41) is 2.88. The summed E-state index contributed by atoms with van der Waals surface area (Å²) in [4.78, 5) is 19.2. The number of ether oxygens (including phenoxy) is 2. The van der Waals surface area contributed by atoms with E-state index in [0.717, 1.165) is 5.01 Å². The monoisotopic (exact) mass is 454 g/mol. The van der Waals surface area contributed by atoms with Crippen LogP contribution in [0.4, 0.5) is 4.79 Å². The van der Waals surface area contributed by atoms with Gasteiger partial charge in [-0.2, -0.15) is 0 Å². The molecular weight excluding hydrogens is 416 g/mol. The predicted octanol–water partition coefficient (Wildman–Crippen LogP) is 5.92. The van der Waals surface area contributed by atoms with Gasteiger partial charge in [0, 0.05) is 11.6 Å². The maximum Gasteiger partial charge on any atom is 0.413 e. The molecule has 170 valence electrons. The molecule has 1 amide bonds. The molecule has 0 N–H and O–H groups in total. The fourth-order valence-corrected chi connectivity index (χ4v) is 4.81. The Morgan fingerprint density at radius 2 is 1.97 bits per heavy atom. The highest BCUT2D eigenvalue weighted by atomic mass is 32.1. The molecule has 1 saturated heterocycles. The molecule has 0 saturated carbocycles. The van der Waals surface area contributed by atoms with E-state index in [1.165, 1.54) is 0 Å². The van der Waals surface area contributed by atoms with Crippen molar-refractivity contribution in [1.82, 2.24) is 9.88 Å². The van der Waals surface area contributed by atoms with Crippen molar-refractivity contribution in [3.05, 3.63) is 22.7 Å². The maximum atomic E-state index is 13.1. The molecular formula is C22H38N2O4SSi. The molecule has 0 spiro atoms. The molecule has 2 heterocycles. The van der Waals surface area contributed by atoms with Crippen LogP contribution in [0.15, 0.2) is 17.7 Å². The fraction of sp³-hybridized carbons (Fsp3) is 0.727. The van der Waals surface area contributed by atoms with Gasteiger partial charge >= 0.3 is 6.09 Å². The van der Waals surface area contributed by atoms with E-state index >= 15 is 0 Å². The average Bonchev–Trinajstić information content (AvgIpc) is 3.15. The van der Waals surface area contributed by atoms with Crippen molar-refractivity contribution < 1.29 is 18.7 Å². The molecule has 0 aromatic carbocycles. The van der Waals surface area contributed by atoms with Crippen molar-refractivity contribution in [2.24, 2.45) is 0 Å². The van der Waals surface area contributed by atoms with Gasteiger partial charge < -0.3 is 13.9 Å². The maximum absolute atomic E-state index is 13.1. The molecule has 0 radical (unpaired) electrons. The van der Waals surface area contributed by atoms with Crippen LogP contribution >= 0.6 is 11.3 Å². The Bertz CT molecular complexity index is 748. The van der Waals surface area contributed by atoms with E-state index in [4.69, 9.17) is 13.9 Å². The second-order valence-corrected chi connectivity index (χ2v) is 16.4.